The number of rotatable bonds is 2. The average molecular weight is 282 g/mol. The lowest BCUT2D eigenvalue weighted by molar-refractivity contribution is -0.118. The number of hydrogen-bond donors (Lipinski definition) is 2. The molecule has 0 saturated heterocycles. The van der Waals surface area contributed by atoms with Crippen LogP contribution >= 0.6 is 0 Å². The predicted octanol–water partition coefficient (Wildman–Crippen LogP) is 1.66. The summed E-state index contributed by atoms with van der Waals surface area (Å²) < 4.78 is 0. The molecule has 0 spiro atoms. The summed E-state index contributed by atoms with van der Waals surface area (Å²) in [7, 11) is 0. The second-order valence-electron chi connectivity index (χ2n) is 6.39. The topological polar surface area (TPSA) is 62.2 Å². The first kappa shape index (κ1) is 12.8. The molecule has 4 unspecified atom stereocenters. The van der Waals surface area contributed by atoms with Crippen molar-refractivity contribution < 1.29 is 9.90 Å². The van der Waals surface area contributed by atoms with Crippen molar-refractivity contribution in [2.75, 3.05) is 11.9 Å². The molecule has 2 bridgehead atoms. The zero-order chi connectivity index (χ0) is 14.4. The normalized spacial score (nSPS) is 34.8. The zero-order valence-corrected chi connectivity index (χ0v) is 11.7. The van der Waals surface area contributed by atoms with Crippen LogP contribution in [0.4, 0.5) is 5.82 Å². The Hall–Kier alpha value is -1.86. The third kappa shape index (κ3) is 2.13. The van der Waals surface area contributed by atoms with E-state index in [9.17, 15) is 4.79 Å². The van der Waals surface area contributed by atoms with Crippen LogP contribution < -0.4 is 5.32 Å². The molecule has 3 fully saturated rings. The van der Waals surface area contributed by atoms with E-state index in [0.717, 1.165) is 17.4 Å². The maximum absolute atomic E-state index is 12.4. The maximum atomic E-state index is 12.4. The van der Waals surface area contributed by atoms with Crippen molar-refractivity contribution in [3.05, 3.63) is 23.9 Å². The molecule has 4 rings (SSSR count). The summed E-state index contributed by atoms with van der Waals surface area (Å²) in [5, 5.41) is 11.6. The van der Waals surface area contributed by atoms with Crippen LogP contribution in [0.15, 0.2) is 18.3 Å². The molecule has 0 aromatic carbocycles. The number of hydrogen-bond acceptors (Lipinski definition) is 3. The maximum Gasteiger partial charge on any atom is 0.229 e. The molecule has 108 valence electrons. The number of nitrogens with one attached hydrogen (secondary N) is 1. The van der Waals surface area contributed by atoms with Crippen molar-refractivity contribution in [1.29, 1.82) is 0 Å². The van der Waals surface area contributed by atoms with Crippen LogP contribution in [-0.2, 0) is 4.79 Å². The van der Waals surface area contributed by atoms with Gasteiger partial charge >= 0.3 is 0 Å². The van der Waals surface area contributed by atoms with E-state index >= 15 is 0 Å². The van der Waals surface area contributed by atoms with E-state index in [1.807, 2.05) is 0 Å². The lowest BCUT2D eigenvalue weighted by atomic mass is 10.0. The van der Waals surface area contributed by atoms with Gasteiger partial charge in [-0.2, -0.15) is 0 Å². The standard InChI is InChI=1S/C17H18N2O2/c20-7-1-2-10-5-6-18-13(8-10)19-17(21)16-14-11-3-4-12(9-11)15(14)16/h5-6,8,11-12,14-16,20H,3-4,7,9H2,(H,18,19,21). The highest BCUT2D eigenvalue weighted by molar-refractivity contribution is 5.94. The number of carbonyl (C=O) groups excluding carboxylic acids is 1. The minimum Gasteiger partial charge on any atom is -0.384 e. The zero-order valence-electron chi connectivity index (χ0n) is 11.7. The SMILES string of the molecule is O=C(Nc1cc(C#CCO)ccn1)C1C2C3CCC(C3)C12. The van der Waals surface area contributed by atoms with E-state index in [0.29, 0.717) is 17.7 Å². The molecule has 1 aromatic heterocycles. The molecule has 4 heteroatoms. The molecule has 1 amide bonds. The summed E-state index contributed by atoms with van der Waals surface area (Å²) in [4.78, 5) is 16.6. The fourth-order valence-electron chi connectivity index (χ4n) is 4.60. The van der Waals surface area contributed by atoms with Gasteiger partial charge in [0.2, 0.25) is 5.91 Å². The Morgan fingerprint density at radius 1 is 1.38 bits per heavy atom. The number of aliphatic hydroxyl groups is 1. The summed E-state index contributed by atoms with van der Waals surface area (Å²) >= 11 is 0. The Balaban J connectivity index is 1.44. The molecule has 21 heavy (non-hydrogen) atoms. The number of anilines is 1. The summed E-state index contributed by atoms with van der Waals surface area (Å²) in [6.07, 6.45) is 5.62. The molecular weight excluding hydrogens is 264 g/mol. The number of pyridine rings is 1. The number of amides is 1. The molecule has 3 aliphatic rings. The number of aliphatic hydroxyl groups excluding tert-OH is 1. The molecular formula is C17H18N2O2. The van der Waals surface area contributed by atoms with Gasteiger partial charge in [0.1, 0.15) is 12.4 Å². The highest BCUT2D eigenvalue weighted by atomic mass is 16.2. The fourth-order valence-corrected chi connectivity index (χ4v) is 4.60. The van der Waals surface area contributed by atoms with Crippen LogP contribution in [0.3, 0.4) is 0 Å². The second-order valence-corrected chi connectivity index (χ2v) is 6.39. The van der Waals surface area contributed by atoms with Crippen molar-refractivity contribution in [3.63, 3.8) is 0 Å². The molecule has 1 heterocycles. The van der Waals surface area contributed by atoms with E-state index in [2.05, 4.69) is 22.1 Å². The summed E-state index contributed by atoms with van der Waals surface area (Å²) in [5.41, 5.74) is 0.755. The highest BCUT2D eigenvalue weighted by Gasteiger charge is 2.67. The molecule has 3 aliphatic carbocycles. The smallest absolute Gasteiger partial charge is 0.229 e. The Kier molecular flexibility index (Phi) is 2.97. The van der Waals surface area contributed by atoms with Crippen molar-refractivity contribution in [2.24, 2.45) is 29.6 Å². The van der Waals surface area contributed by atoms with Crippen LogP contribution in [0.1, 0.15) is 24.8 Å². The molecule has 3 saturated carbocycles. The Morgan fingerprint density at radius 3 is 2.86 bits per heavy atom. The largest absolute Gasteiger partial charge is 0.384 e. The van der Waals surface area contributed by atoms with E-state index in [1.165, 1.54) is 19.3 Å². The number of nitrogens with zero attached hydrogens (tertiary/aromatic N) is 1. The number of aromatic nitrogens is 1. The summed E-state index contributed by atoms with van der Waals surface area (Å²) in [6.45, 7) is -0.168. The van der Waals surface area contributed by atoms with Gasteiger partial charge in [0.15, 0.2) is 0 Å². The van der Waals surface area contributed by atoms with Gasteiger partial charge in [-0.25, -0.2) is 4.98 Å². The molecule has 0 radical (unpaired) electrons. The van der Waals surface area contributed by atoms with Crippen LogP contribution in [-0.4, -0.2) is 22.6 Å². The molecule has 4 atom stereocenters. The molecule has 2 N–H and O–H groups in total. The molecule has 1 aromatic rings. The Labute approximate surface area is 124 Å². The van der Waals surface area contributed by atoms with Crippen LogP contribution in [0.5, 0.6) is 0 Å². The minimum atomic E-state index is -0.168. The Bertz CT molecular complexity index is 630. The van der Waals surface area contributed by atoms with Gasteiger partial charge in [0, 0.05) is 17.7 Å². The lowest BCUT2D eigenvalue weighted by Gasteiger charge is -2.09. The minimum absolute atomic E-state index is 0.126. The van der Waals surface area contributed by atoms with Gasteiger partial charge in [-0.05, 0) is 55.1 Å². The second kappa shape index (κ2) is 4.85. The van der Waals surface area contributed by atoms with Crippen molar-refractivity contribution in [2.45, 2.75) is 19.3 Å². The van der Waals surface area contributed by atoms with Gasteiger partial charge in [-0.15, -0.1) is 0 Å². The number of carbonyl (C=O) groups is 1. The molecule has 0 aliphatic heterocycles. The summed E-state index contributed by atoms with van der Waals surface area (Å²) in [6, 6.07) is 3.53. The van der Waals surface area contributed by atoms with Gasteiger partial charge in [0.25, 0.3) is 0 Å². The molecule has 4 nitrogen and oxygen atoms in total. The van der Waals surface area contributed by atoms with E-state index in [4.69, 9.17) is 5.11 Å². The Morgan fingerprint density at radius 2 is 2.14 bits per heavy atom. The monoisotopic (exact) mass is 282 g/mol. The average Bonchev–Trinajstić information content (AvgIpc) is 2.94. The third-order valence-electron chi connectivity index (χ3n) is 5.36. The van der Waals surface area contributed by atoms with Gasteiger partial charge in [-0.1, -0.05) is 11.8 Å². The lowest BCUT2D eigenvalue weighted by Crippen LogP contribution is -2.19. The first-order chi connectivity index (χ1) is 10.3. The quantitative estimate of drug-likeness (QED) is 0.811. The first-order valence-corrected chi connectivity index (χ1v) is 7.64. The fraction of sp³-hybridized carbons (Fsp3) is 0.529. The summed E-state index contributed by atoms with van der Waals surface area (Å²) in [5.74, 6) is 9.19. The first-order valence-electron chi connectivity index (χ1n) is 7.64. The van der Waals surface area contributed by atoms with E-state index in [1.54, 1.807) is 18.3 Å². The van der Waals surface area contributed by atoms with Gasteiger partial charge in [0.05, 0.1) is 0 Å². The highest BCUT2D eigenvalue weighted by Crippen LogP contribution is 2.69. The number of fused-ring (bicyclic) bond motifs is 5. The van der Waals surface area contributed by atoms with Crippen LogP contribution in [0.25, 0.3) is 0 Å². The van der Waals surface area contributed by atoms with Crippen LogP contribution in [0.2, 0.25) is 0 Å². The van der Waals surface area contributed by atoms with E-state index < -0.39 is 0 Å². The van der Waals surface area contributed by atoms with E-state index in [-0.39, 0.29) is 18.4 Å². The predicted molar refractivity (Wildman–Crippen MR) is 78.1 cm³/mol. The van der Waals surface area contributed by atoms with Crippen LogP contribution in [0, 0.1) is 41.4 Å². The van der Waals surface area contributed by atoms with Gasteiger partial charge in [-0.3, -0.25) is 4.79 Å². The third-order valence-corrected chi connectivity index (χ3v) is 5.36. The van der Waals surface area contributed by atoms with Crippen molar-refractivity contribution in [1.82, 2.24) is 4.98 Å². The van der Waals surface area contributed by atoms with Crippen molar-refractivity contribution >= 4 is 11.7 Å². The van der Waals surface area contributed by atoms with Crippen molar-refractivity contribution in [3.8, 4) is 11.8 Å². The van der Waals surface area contributed by atoms with Gasteiger partial charge < -0.3 is 10.4 Å².